The fourth-order valence-corrected chi connectivity index (χ4v) is 1.91. The van der Waals surface area contributed by atoms with Crippen LogP contribution in [0.5, 0.6) is 0 Å². The number of halogens is 2. The number of rotatable bonds is 0. The SMILES string of the molecule is Cc1nccc2c1[nH]c1ccccc12.O=C(F)F. The lowest BCUT2D eigenvalue weighted by Crippen LogP contribution is -1.79. The van der Waals surface area contributed by atoms with Crippen LogP contribution in [0.4, 0.5) is 13.6 Å². The first kappa shape index (κ1) is 12.2. The molecular weight excluding hydrogens is 238 g/mol. The lowest BCUT2D eigenvalue weighted by Gasteiger charge is -1.92. The molecule has 2 heterocycles. The Bertz CT molecular complexity index is 702. The fourth-order valence-electron chi connectivity index (χ4n) is 1.91. The average Bonchev–Trinajstić information content (AvgIpc) is 2.69. The third-order valence-electron chi connectivity index (χ3n) is 2.62. The number of nitrogens with one attached hydrogen (secondary N) is 1. The second-order valence-electron chi connectivity index (χ2n) is 3.72. The molecular formula is C13H10F2N2O. The van der Waals surface area contributed by atoms with Crippen LogP contribution in [0.2, 0.25) is 0 Å². The van der Waals surface area contributed by atoms with Crippen molar-refractivity contribution in [1.82, 2.24) is 9.97 Å². The Hall–Kier alpha value is -2.30. The number of carbonyl (C=O) groups is 1. The van der Waals surface area contributed by atoms with Crippen molar-refractivity contribution in [2.24, 2.45) is 0 Å². The summed E-state index contributed by atoms with van der Waals surface area (Å²) in [6.45, 7) is 2.03. The van der Waals surface area contributed by atoms with Crippen molar-refractivity contribution >= 4 is 28.1 Å². The maximum atomic E-state index is 9.69. The van der Waals surface area contributed by atoms with Gasteiger partial charge >= 0.3 is 6.29 Å². The van der Waals surface area contributed by atoms with Crippen LogP contribution in [0.1, 0.15) is 5.69 Å². The number of aromatic nitrogens is 2. The van der Waals surface area contributed by atoms with Gasteiger partial charge in [0, 0.05) is 22.5 Å². The summed E-state index contributed by atoms with van der Waals surface area (Å²) >= 11 is 0. The van der Waals surface area contributed by atoms with E-state index in [2.05, 4.69) is 34.2 Å². The smallest absolute Gasteiger partial charge is 0.353 e. The van der Waals surface area contributed by atoms with Crippen LogP contribution in [0, 0.1) is 6.92 Å². The van der Waals surface area contributed by atoms with E-state index in [9.17, 15) is 8.78 Å². The van der Waals surface area contributed by atoms with Crippen LogP contribution >= 0.6 is 0 Å². The molecule has 3 aromatic rings. The van der Waals surface area contributed by atoms with E-state index in [1.807, 2.05) is 19.2 Å². The summed E-state index contributed by atoms with van der Waals surface area (Å²) in [6, 6.07) is 10.4. The minimum atomic E-state index is -2.83. The molecule has 1 N–H and O–H groups in total. The van der Waals surface area contributed by atoms with Gasteiger partial charge in [0.1, 0.15) is 0 Å². The van der Waals surface area contributed by atoms with Crippen molar-refractivity contribution in [3.63, 3.8) is 0 Å². The molecule has 18 heavy (non-hydrogen) atoms. The molecule has 3 rings (SSSR count). The molecule has 0 unspecified atom stereocenters. The number of aromatic amines is 1. The first-order chi connectivity index (χ1) is 8.59. The number of carbonyl (C=O) groups excluding carboxylic acids is 1. The number of fused-ring (bicyclic) bond motifs is 3. The van der Waals surface area contributed by atoms with Gasteiger partial charge in [0.05, 0.1) is 11.2 Å². The molecule has 0 aliphatic carbocycles. The number of pyridine rings is 1. The topological polar surface area (TPSA) is 45.8 Å². The highest BCUT2D eigenvalue weighted by molar-refractivity contribution is 6.07. The van der Waals surface area contributed by atoms with Gasteiger partial charge in [-0.15, -0.1) is 8.78 Å². The highest BCUT2D eigenvalue weighted by atomic mass is 19.3. The molecule has 0 fully saturated rings. The molecule has 0 bridgehead atoms. The van der Waals surface area contributed by atoms with Gasteiger partial charge in [0.25, 0.3) is 0 Å². The van der Waals surface area contributed by atoms with E-state index >= 15 is 0 Å². The molecule has 0 aliphatic rings. The van der Waals surface area contributed by atoms with Crippen LogP contribution < -0.4 is 0 Å². The molecule has 0 amide bonds. The zero-order valence-electron chi connectivity index (χ0n) is 9.58. The number of H-pyrrole nitrogens is 1. The van der Waals surface area contributed by atoms with E-state index in [-0.39, 0.29) is 0 Å². The third kappa shape index (κ3) is 2.34. The number of benzene rings is 1. The van der Waals surface area contributed by atoms with Gasteiger partial charge in [-0.05, 0) is 19.1 Å². The minimum absolute atomic E-state index is 1.05. The Morgan fingerprint density at radius 1 is 1.17 bits per heavy atom. The maximum absolute atomic E-state index is 9.69. The predicted molar refractivity (Wildman–Crippen MR) is 65.9 cm³/mol. The molecule has 0 spiro atoms. The summed E-state index contributed by atoms with van der Waals surface area (Å²) in [5.74, 6) is 0. The Kier molecular flexibility index (Phi) is 3.32. The summed E-state index contributed by atoms with van der Waals surface area (Å²) in [5, 5.41) is 2.53. The maximum Gasteiger partial charge on any atom is 0.483 e. The Morgan fingerprint density at radius 3 is 2.56 bits per heavy atom. The number of hydrogen-bond acceptors (Lipinski definition) is 2. The van der Waals surface area contributed by atoms with E-state index in [4.69, 9.17) is 4.79 Å². The first-order valence-corrected chi connectivity index (χ1v) is 5.26. The molecule has 5 heteroatoms. The van der Waals surface area contributed by atoms with Crippen molar-refractivity contribution < 1.29 is 13.6 Å². The summed E-state index contributed by atoms with van der Waals surface area (Å²) in [4.78, 5) is 15.8. The highest BCUT2D eigenvalue weighted by Crippen LogP contribution is 2.25. The molecule has 0 saturated heterocycles. The predicted octanol–water partition coefficient (Wildman–Crippen LogP) is 4.07. The van der Waals surface area contributed by atoms with Crippen LogP contribution in [0.3, 0.4) is 0 Å². The summed E-state index contributed by atoms with van der Waals surface area (Å²) in [6.07, 6.45) is -0.974. The van der Waals surface area contributed by atoms with E-state index in [0.29, 0.717) is 0 Å². The van der Waals surface area contributed by atoms with Crippen LogP contribution in [0.15, 0.2) is 36.5 Å². The average molecular weight is 248 g/mol. The minimum Gasteiger partial charge on any atom is -0.353 e. The van der Waals surface area contributed by atoms with Crippen molar-refractivity contribution in [1.29, 1.82) is 0 Å². The molecule has 3 nitrogen and oxygen atoms in total. The van der Waals surface area contributed by atoms with Crippen molar-refractivity contribution in [2.45, 2.75) is 6.92 Å². The summed E-state index contributed by atoms with van der Waals surface area (Å²) < 4.78 is 19.4. The van der Waals surface area contributed by atoms with E-state index in [1.165, 1.54) is 16.3 Å². The van der Waals surface area contributed by atoms with E-state index in [0.717, 1.165) is 11.2 Å². The Labute approximate surface area is 101 Å². The van der Waals surface area contributed by atoms with Gasteiger partial charge in [0.15, 0.2) is 0 Å². The fraction of sp³-hybridized carbons (Fsp3) is 0.0769. The molecule has 0 aliphatic heterocycles. The second-order valence-corrected chi connectivity index (χ2v) is 3.72. The highest BCUT2D eigenvalue weighted by Gasteiger charge is 2.04. The quantitative estimate of drug-likeness (QED) is 0.609. The number of aryl methyl sites for hydroxylation is 1. The van der Waals surface area contributed by atoms with Gasteiger partial charge < -0.3 is 4.98 Å². The van der Waals surface area contributed by atoms with E-state index in [1.54, 1.807) is 0 Å². The van der Waals surface area contributed by atoms with Gasteiger partial charge in [0.2, 0.25) is 0 Å². The van der Waals surface area contributed by atoms with E-state index < -0.39 is 6.29 Å². The largest absolute Gasteiger partial charge is 0.483 e. The standard InChI is InChI=1S/C12H10N2.CF2O/c1-8-12-10(6-7-13-8)9-4-2-3-5-11(9)14-12;2-1(3)4/h2-7,14H,1H3;. The van der Waals surface area contributed by atoms with Gasteiger partial charge in [-0.2, -0.15) is 0 Å². The Morgan fingerprint density at radius 2 is 1.83 bits per heavy atom. The lowest BCUT2D eigenvalue weighted by molar-refractivity contribution is 0.199. The van der Waals surface area contributed by atoms with Gasteiger partial charge in [-0.3, -0.25) is 4.98 Å². The normalized spacial score (nSPS) is 10.2. The monoisotopic (exact) mass is 248 g/mol. The molecule has 92 valence electrons. The second kappa shape index (κ2) is 4.91. The Balaban J connectivity index is 0.000000267. The molecule has 0 saturated carbocycles. The molecule has 0 atom stereocenters. The van der Waals surface area contributed by atoms with Gasteiger partial charge in [-0.25, -0.2) is 4.79 Å². The summed E-state index contributed by atoms with van der Waals surface area (Å²) in [5.41, 5.74) is 3.38. The summed E-state index contributed by atoms with van der Waals surface area (Å²) in [7, 11) is 0. The molecule has 1 aromatic carbocycles. The van der Waals surface area contributed by atoms with Crippen LogP contribution in [-0.4, -0.2) is 16.3 Å². The number of hydrogen-bond donors (Lipinski definition) is 1. The zero-order valence-corrected chi connectivity index (χ0v) is 9.58. The van der Waals surface area contributed by atoms with Crippen molar-refractivity contribution in [3.05, 3.63) is 42.2 Å². The van der Waals surface area contributed by atoms with Crippen molar-refractivity contribution in [2.75, 3.05) is 0 Å². The van der Waals surface area contributed by atoms with Crippen molar-refractivity contribution in [3.8, 4) is 0 Å². The van der Waals surface area contributed by atoms with Crippen LogP contribution in [-0.2, 0) is 0 Å². The third-order valence-corrected chi connectivity index (χ3v) is 2.62. The van der Waals surface area contributed by atoms with Crippen LogP contribution in [0.25, 0.3) is 21.8 Å². The number of para-hydroxylation sites is 1. The molecule has 0 radical (unpaired) electrons. The first-order valence-electron chi connectivity index (χ1n) is 5.26. The lowest BCUT2D eigenvalue weighted by atomic mass is 10.2. The molecule has 2 aromatic heterocycles. The number of nitrogens with zero attached hydrogens (tertiary/aromatic N) is 1. The van der Waals surface area contributed by atoms with Gasteiger partial charge in [-0.1, -0.05) is 18.2 Å². The zero-order chi connectivity index (χ0) is 13.1.